The van der Waals surface area contributed by atoms with Crippen molar-refractivity contribution in [2.24, 2.45) is 0 Å². The molecule has 1 fully saturated rings. The van der Waals surface area contributed by atoms with Crippen molar-refractivity contribution in [1.29, 1.82) is 0 Å². The molecule has 1 saturated heterocycles. The number of piperidine rings is 1. The van der Waals surface area contributed by atoms with E-state index in [0.717, 1.165) is 12.2 Å². The molecule has 2 heterocycles. The highest BCUT2D eigenvalue weighted by atomic mass is 15.2. The van der Waals surface area contributed by atoms with Crippen molar-refractivity contribution in [2.45, 2.75) is 45.2 Å². The summed E-state index contributed by atoms with van der Waals surface area (Å²) in [7, 11) is 0. The van der Waals surface area contributed by atoms with Gasteiger partial charge >= 0.3 is 0 Å². The van der Waals surface area contributed by atoms with Gasteiger partial charge in [-0.3, -0.25) is 9.97 Å². The van der Waals surface area contributed by atoms with Crippen molar-refractivity contribution in [2.75, 3.05) is 19.6 Å². The Morgan fingerprint density at radius 2 is 2.00 bits per heavy atom. The Morgan fingerprint density at radius 1 is 1.22 bits per heavy atom. The minimum absolute atomic E-state index is 0.262. The summed E-state index contributed by atoms with van der Waals surface area (Å²) in [6.45, 7) is 8.04. The SMILES string of the molecule is CC(CN1CCCCC1)NC(C)c1cnccn1. The van der Waals surface area contributed by atoms with E-state index in [1.165, 1.54) is 32.4 Å². The molecule has 0 spiro atoms. The van der Waals surface area contributed by atoms with Gasteiger partial charge in [0.25, 0.3) is 0 Å². The van der Waals surface area contributed by atoms with Gasteiger partial charge in [-0.05, 0) is 39.8 Å². The molecule has 0 radical (unpaired) electrons. The average molecular weight is 248 g/mol. The van der Waals surface area contributed by atoms with E-state index >= 15 is 0 Å². The fourth-order valence-electron chi connectivity index (χ4n) is 2.63. The maximum absolute atomic E-state index is 4.34. The number of aromatic nitrogens is 2. The lowest BCUT2D eigenvalue weighted by Crippen LogP contribution is -2.42. The predicted molar refractivity (Wildman–Crippen MR) is 73.3 cm³/mol. The third-order valence-corrected chi connectivity index (χ3v) is 3.54. The van der Waals surface area contributed by atoms with Gasteiger partial charge in [0.2, 0.25) is 0 Å². The molecule has 2 unspecified atom stereocenters. The third-order valence-electron chi connectivity index (χ3n) is 3.54. The Kier molecular flexibility index (Phi) is 5.08. The number of nitrogens with one attached hydrogen (secondary N) is 1. The Balaban J connectivity index is 1.78. The van der Waals surface area contributed by atoms with Crippen LogP contribution in [0.2, 0.25) is 0 Å². The maximum atomic E-state index is 4.34. The van der Waals surface area contributed by atoms with Gasteiger partial charge in [0.05, 0.1) is 5.69 Å². The molecule has 1 aromatic rings. The second-order valence-corrected chi connectivity index (χ2v) is 5.28. The van der Waals surface area contributed by atoms with E-state index in [2.05, 4.69) is 34.0 Å². The van der Waals surface area contributed by atoms with Crippen molar-refractivity contribution in [3.05, 3.63) is 24.3 Å². The van der Waals surface area contributed by atoms with E-state index in [0.29, 0.717) is 6.04 Å². The van der Waals surface area contributed by atoms with Crippen LogP contribution in [-0.2, 0) is 0 Å². The number of hydrogen-bond donors (Lipinski definition) is 1. The van der Waals surface area contributed by atoms with Crippen molar-refractivity contribution < 1.29 is 0 Å². The molecular formula is C14H24N4. The molecule has 4 nitrogen and oxygen atoms in total. The second-order valence-electron chi connectivity index (χ2n) is 5.28. The van der Waals surface area contributed by atoms with Gasteiger partial charge in [0, 0.05) is 37.2 Å². The number of nitrogens with zero attached hydrogens (tertiary/aromatic N) is 3. The quantitative estimate of drug-likeness (QED) is 0.865. The molecule has 0 aromatic carbocycles. The summed E-state index contributed by atoms with van der Waals surface area (Å²) in [6, 6.07) is 0.749. The van der Waals surface area contributed by atoms with Crippen molar-refractivity contribution in [1.82, 2.24) is 20.2 Å². The van der Waals surface area contributed by atoms with Crippen molar-refractivity contribution in [3.63, 3.8) is 0 Å². The van der Waals surface area contributed by atoms with Crippen LogP contribution in [0.1, 0.15) is 44.8 Å². The van der Waals surface area contributed by atoms with Gasteiger partial charge in [-0.2, -0.15) is 0 Å². The molecular weight excluding hydrogens is 224 g/mol. The van der Waals surface area contributed by atoms with Crippen LogP contribution in [0.5, 0.6) is 0 Å². The Morgan fingerprint density at radius 3 is 2.67 bits per heavy atom. The maximum Gasteiger partial charge on any atom is 0.0753 e. The molecule has 0 bridgehead atoms. The first kappa shape index (κ1) is 13.4. The largest absolute Gasteiger partial charge is 0.305 e. The molecule has 100 valence electrons. The summed E-state index contributed by atoms with van der Waals surface area (Å²) in [5, 5.41) is 3.60. The minimum atomic E-state index is 0.262. The summed E-state index contributed by atoms with van der Waals surface area (Å²) in [5.41, 5.74) is 1.02. The highest BCUT2D eigenvalue weighted by Gasteiger charge is 2.15. The molecule has 1 N–H and O–H groups in total. The van der Waals surface area contributed by atoms with Gasteiger partial charge in [-0.1, -0.05) is 6.42 Å². The number of rotatable bonds is 5. The zero-order valence-corrected chi connectivity index (χ0v) is 11.5. The van der Waals surface area contributed by atoms with E-state index in [1.54, 1.807) is 12.4 Å². The molecule has 4 heteroatoms. The lowest BCUT2D eigenvalue weighted by molar-refractivity contribution is 0.205. The van der Waals surface area contributed by atoms with E-state index in [9.17, 15) is 0 Å². The second kappa shape index (κ2) is 6.81. The van der Waals surface area contributed by atoms with Gasteiger partial charge in [0.1, 0.15) is 0 Å². The van der Waals surface area contributed by atoms with Crippen LogP contribution in [0, 0.1) is 0 Å². The Bertz CT molecular complexity index is 335. The lowest BCUT2D eigenvalue weighted by Gasteiger charge is -2.30. The minimum Gasteiger partial charge on any atom is -0.305 e. The monoisotopic (exact) mass is 248 g/mol. The van der Waals surface area contributed by atoms with Crippen molar-refractivity contribution in [3.8, 4) is 0 Å². The molecule has 1 aliphatic rings. The summed E-state index contributed by atoms with van der Waals surface area (Å²) in [5.74, 6) is 0. The van der Waals surface area contributed by atoms with Crippen LogP contribution in [0.3, 0.4) is 0 Å². The van der Waals surface area contributed by atoms with Crippen LogP contribution in [-0.4, -0.2) is 40.5 Å². The van der Waals surface area contributed by atoms with Crippen LogP contribution < -0.4 is 5.32 Å². The molecule has 0 saturated carbocycles. The summed E-state index contributed by atoms with van der Waals surface area (Å²) >= 11 is 0. The molecule has 18 heavy (non-hydrogen) atoms. The predicted octanol–water partition coefficient (Wildman–Crippen LogP) is 2.00. The Hall–Kier alpha value is -1.00. The Labute approximate surface area is 110 Å². The zero-order chi connectivity index (χ0) is 12.8. The lowest BCUT2D eigenvalue weighted by atomic mass is 10.1. The normalized spacial score (nSPS) is 20.6. The van der Waals surface area contributed by atoms with E-state index in [1.807, 2.05) is 6.20 Å². The van der Waals surface area contributed by atoms with E-state index < -0.39 is 0 Å². The third kappa shape index (κ3) is 4.03. The summed E-state index contributed by atoms with van der Waals surface area (Å²) in [6.07, 6.45) is 9.41. The van der Waals surface area contributed by atoms with E-state index in [-0.39, 0.29) is 6.04 Å². The summed E-state index contributed by atoms with van der Waals surface area (Å²) < 4.78 is 0. The first-order valence-electron chi connectivity index (χ1n) is 7.00. The van der Waals surface area contributed by atoms with Gasteiger partial charge in [0.15, 0.2) is 0 Å². The number of likely N-dealkylation sites (tertiary alicyclic amines) is 1. The van der Waals surface area contributed by atoms with Crippen molar-refractivity contribution >= 4 is 0 Å². The molecule has 0 amide bonds. The van der Waals surface area contributed by atoms with E-state index in [4.69, 9.17) is 0 Å². The highest BCUT2D eigenvalue weighted by molar-refractivity contribution is 5.01. The summed E-state index contributed by atoms with van der Waals surface area (Å²) in [4.78, 5) is 11.0. The average Bonchev–Trinajstić information content (AvgIpc) is 2.40. The topological polar surface area (TPSA) is 41.0 Å². The van der Waals surface area contributed by atoms with Crippen LogP contribution in [0.15, 0.2) is 18.6 Å². The van der Waals surface area contributed by atoms with Gasteiger partial charge in [-0.25, -0.2) is 0 Å². The molecule has 2 rings (SSSR count). The molecule has 1 aromatic heterocycles. The fourth-order valence-corrected chi connectivity index (χ4v) is 2.63. The zero-order valence-electron chi connectivity index (χ0n) is 11.5. The first-order chi connectivity index (χ1) is 8.75. The highest BCUT2D eigenvalue weighted by Crippen LogP contribution is 2.11. The smallest absolute Gasteiger partial charge is 0.0753 e. The molecule has 1 aliphatic heterocycles. The van der Waals surface area contributed by atoms with Gasteiger partial charge in [-0.15, -0.1) is 0 Å². The molecule has 2 atom stereocenters. The first-order valence-corrected chi connectivity index (χ1v) is 7.00. The van der Waals surface area contributed by atoms with Crippen LogP contribution in [0.25, 0.3) is 0 Å². The van der Waals surface area contributed by atoms with Crippen LogP contribution >= 0.6 is 0 Å². The van der Waals surface area contributed by atoms with Gasteiger partial charge < -0.3 is 10.2 Å². The number of hydrogen-bond acceptors (Lipinski definition) is 4. The standard InChI is InChI=1S/C14H24N4/c1-12(11-18-8-4-3-5-9-18)17-13(2)14-10-15-6-7-16-14/h6-7,10,12-13,17H,3-5,8-9,11H2,1-2H3. The fraction of sp³-hybridized carbons (Fsp3) is 0.714. The molecule has 0 aliphatic carbocycles. The van der Waals surface area contributed by atoms with Crippen LogP contribution in [0.4, 0.5) is 0 Å².